The summed E-state index contributed by atoms with van der Waals surface area (Å²) in [5.74, 6) is -0.491. The Bertz CT molecular complexity index is 418. The maximum atomic E-state index is 8.50. The Balaban J connectivity index is 2.77. The first kappa shape index (κ1) is 10.9. The molecule has 1 rings (SSSR count). The van der Waals surface area contributed by atoms with Crippen molar-refractivity contribution < 1.29 is 0 Å². The Morgan fingerprint density at radius 2 is 2.07 bits per heavy atom. The van der Waals surface area contributed by atoms with Crippen molar-refractivity contribution in [1.82, 2.24) is 5.01 Å². The quantitative estimate of drug-likeness (QED) is 0.200. The van der Waals surface area contributed by atoms with Crippen molar-refractivity contribution in [2.24, 2.45) is 16.1 Å². The molecule has 15 heavy (non-hydrogen) atoms. The number of rotatable bonds is 2. The van der Waals surface area contributed by atoms with E-state index in [0.29, 0.717) is 15.7 Å². The Hall–Kier alpha value is -2.13. The molecule has 1 aromatic carbocycles. The molecule has 0 radical (unpaired) electrons. The van der Waals surface area contributed by atoms with Gasteiger partial charge in [0.1, 0.15) is 0 Å². The summed E-state index contributed by atoms with van der Waals surface area (Å²) in [7, 11) is 0. The van der Waals surface area contributed by atoms with Crippen molar-refractivity contribution in [2.75, 3.05) is 0 Å². The third-order valence-electron chi connectivity index (χ3n) is 1.40. The van der Waals surface area contributed by atoms with Crippen LogP contribution >= 0.6 is 11.6 Å². The summed E-state index contributed by atoms with van der Waals surface area (Å²) >= 11 is 5.66. The first-order valence-electron chi connectivity index (χ1n) is 3.84. The molecule has 0 aliphatic carbocycles. The Morgan fingerprint density at radius 1 is 1.47 bits per heavy atom. The maximum absolute atomic E-state index is 8.50. The largest absolute Gasteiger partial charge is 0.368 e. The van der Waals surface area contributed by atoms with Gasteiger partial charge < -0.3 is 5.73 Å². The van der Waals surface area contributed by atoms with E-state index in [1.807, 2.05) is 0 Å². The minimum atomic E-state index is -0.491. The Morgan fingerprint density at radius 3 is 2.53 bits per heavy atom. The molecule has 0 aliphatic rings. The van der Waals surface area contributed by atoms with E-state index >= 15 is 0 Å². The smallest absolute Gasteiger partial charge is 0.225 e. The highest BCUT2D eigenvalue weighted by Gasteiger charge is 2.01. The summed E-state index contributed by atoms with van der Waals surface area (Å²) in [5.41, 5.74) is 5.56. The molecule has 0 fully saturated rings. The maximum Gasteiger partial charge on any atom is 0.225 e. The van der Waals surface area contributed by atoms with Crippen LogP contribution in [0.3, 0.4) is 0 Å². The number of benzene rings is 1. The number of nitrogens with zero attached hydrogens (tertiary/aromatic N) is 4. The molecule has 0 bridgehead atoms. The summed E-state index contributed by atoms with van der Waals surface area (Å²) in [6, 6.07) is 6.53. The summed E-state index contributed by atoms with van der Waals surface area (Å²) in [6.45, 7) is 0. The number of nitriles is 1. The third-order valence-corrected chi connectivity index (χ3v) is 1.65. The van der Waals surface area contributed by atoms with Crippen LogP contribution in [-0.4, -0.2) is 11.0 Å². The standard InChI is InChI=1S/C8H7ClN6/c9-6-1-3-7(4-2-6)13-14-15(5-10)8(11)12/h1-4H,(H3,11,12). The summed E-state index contributed by atoms with van der Waals surface area (Å²) in [5, 5.41) is 23.8. The van der Waals surface area contributed by atoms with Gasteiger partial charge in [0.05, 0.1) is 5.69 Å². The highest BCUT2D eigenvalue weighted by Crippen LogP contribution is 2.16. The number of hydrogen-bond acceptors (Lipinski definition) is 4. The van der Waals surface area contributed by atoms with Crippen LogP contribution in [0.15, 0.2) is 34.6 Å². The average molecular weight is 223 g/mol. The van der Waals surface area contributed by atoms with E-state index in [1.165, 1.54) is 0 Å². The first-order chi connectivity index (χ1) is 7.13. The fourth-order valence-corrected chi connectivity index (χ4v) is 0.852. The average Bonchev–Trinajstić information content (AvgIpc) is 2.21. The Labute approximate surface area is 91.1 Å². The van der Waals surface area contributed by atoms with E-state index < -0.39 is 5.96 Å². The molecule has 0 unspecified atom stereocenters. The van der Waals surface area contributed by atoms with Crippen LogP contribution in [0.2, 0.25) is 5.02 Å². The SMILES string of the molecule is N#CN(N=Nc1ccc(Cl)cc1)C(=N)N. The second kappa shape index (κ2) is 4.93. The van der Waals surface area contributed by atoms with Gasteiger partial charge in [-0.3, -0.25) is 5.41 Å². The molecule has 0 saturated carbocycles. The highest BCUT2D eigenvalue weighted by molar-refractivity contribution is 6.30. The second-order valence-corrected chi connectivity index (χ2v) is 2.90. The normalized spacial score (nSPS) is 9.87. The zero-order valence-corrected chi connectivity index (χ0v) is 8.31. The minimum Gasteiger partial charge on any atom is -0.368 e. The molecule has 7 heteroatoms. The molecule has 0 spiro atoms. The molecular formula is C8H7ClN6. The van der Waals surface area contributed by atoms with Crippen LogP contribution in [0.1, 0.15) is 0 Å². The van der Waals surface area contributed by atoms with Crippen LogP contribution in [0, 0.1) is 16.9 Å². The lowest BCUT2D eigenvalue weighted by atomic mass is 10.3. The van der Waals surface area contributed by atoms with E-state index in [9.17, 15) is 0 Å². The van der Waals surface area contributed by atoms with Crippen molar-refractivity contribution in [3.05, 3.63) is 29.3 Å². The molecule has 0 aromatic heterocycles. The fraction of sp³-hybridized carbons (Fsp3) is 0. The Kier molecular flexibility index (Phi) is 3.60. The molecule has 6 nitrogen and oxygen atoms in total. The molecule has 1 aromatic rings. The van der Waals surface area contributed by atoms with E-state index in [0.717, 1.165) is 0 Å². The van der Waals surface area contributed by atoms with Gasteiger partial charge in [-0.05, 0) is 29.5 Å². The van der Waals surface area contributed by atoms with Crippen molar-refractivity contribution in [3.8, 4) is 6.19 Å². The van der Waals surface area contributed by atoms with Crippen molar-refractivity contribution >= 4 is 23.2 Å². The molecule has 0 aliphatic heterocycles. The van der Waals surface area contributed by atoms with E-state index in [2.05, 4.69) is 10.3 Å². The van der Waals surface area contributed by atoms with Crippen LogP contribution in [0.5, 0.6) is 0 Å². The van der Waals surface area contributed by atoms with Gasteiger partial charge in [-0.2, -0.15) is 5.26 Å². The number of guanidine groups is 1. The van der Waals surface area contributed by atoms with Crippen molar-refractivity contribution in [1.29, 1.82) is 10.7 Å². The molecule has 0 amide bonds. The van der Waals surface area contributed by atoms with Crippen LogP contribution in [0.4, 0.5) is 5.69 Å². The van der Waals surface area contributed by atoms with Crippen LogP contribution in [0.25, 0.3) is 0 Å². The van der Waals surface area contributed by atoms with Gasteiger partial charge in [0.15, 0.2) is 0 Å². The number of halogens is 1. The highest BCUT2D eigenvalue weighted by atomic mass is 35.5. The molecule has 0 atom stereocenters. The lowest BCUT2D eigenvalue weighted by Gasteiger charge is -2.02. The van der Waals surface area contributed by atoms with Crippen molar-refractivity contribution in [3.63, 3.8) is 0 Å². The van der Waals surface area contributed by atoms with Crippen molar-refractivity contribution in [2.45, 2.75) is 0 Å². The molecule has 0 heterocycles. The van der Waals surface area contributed by atoms with E-state index in [1.54, 1.807) is 30.5 Å². The zero-order chi connectivity index (χ0) is 11.3. The lowest BCUT2D eigenvalue weighted by Crippen LogP contribution is -2.27. The molecular weight excluding hydrogens is 216 g/mol. The summed E-state index contributed by atoms with van der Waals surface area (Å²) in [4.78, 5) is 0. The van der Waals surface area contributed by atoms with Gasteiger partial charge >= 0.3 is 0 Å². The van der Waals surface area contributed by atoms with Crippen LogP contribution in [-0.2, 0) is 0 Å². The van der Waals surface area contributed by atoms with Gasteiger partial charge in [0.25, 0.3) is 0 Å². The number of nitrogens with two attached hydrogens (primary N) is 1. The van der Waals surface area contributed by atoms with E-state index in [-0.39, 0.29) is 0 Å². The second-order valence-electron chi connectivity index (χ2n) is 2.46. The third kappa shape index (κ3) is 3.25. The van der Waals surface area contributed by atoms with Crippen LogP contribution < -0.4 is 5.73 Å². The van der Waals surface area contributed by atoms with Gasteiger partial charge in [0.2, 0.25) is 12.2 Å². The predicted octanol–water partition coefficient (Wildman–Crippen LogP) is 2.02. The van der Waals surface area contributed by atoms with Gasteiger partial charge in [0, 0.05) is 5.02 Å². The molecule has 3 N–H and O–H groups in total. The number of hydrogen-bond donors (Lipinski definition) is 2. The monoisotopic (exact) mass is 222 g/mol. The molecule has 0 saturated heterocycles. The summed E-state index contributed by atoms with van der Waals surface area (Å²) in [6.07, 6.45) is 1.58. The van der Waals surface area contributed by atoms with Gasteiger partial charge in [-0.1, -0.05) is 11.6 Å². The minimum absolute atomic E-state index is 0.491. The zero-order valence-electron chi connectivity index (χ0n) is 7.55. The van der Waals surface area contributed by atoms with Gasteiger partial charge in [-0.15, -0.1) is 10.1 Å². The van der Waals surface area contributed by atoms with E-state index in [4.69, 9.17) is 28.0 Å². The predicted molar refractivity (Wildman–Crippen MR) is 55.3 cm³/mol. The fourth-order valence-electron chi connectivity index (χ4n) is 0.726. The van der Waals surface area contributed by atoms with Gasteiger partial charge in [-0.25, -0.2) is 0 Å². The summed E-state index contributed by atoms with van der Waals surface area (Å²) < 4.78 is 0. The molecule has 76 valence electrons. The number of nitrogens with one attached hydrogen (secondary N) is 1. The lowest BCUT2D eigenvalue weighted by molar-refractivity contribution is 0.567. The first-order valence-corrected chi connectivity index (χ1v) is 4.22. The topological polar surface area (TPSA) is 102 Å².